The molecular weight excluding hydrogens is 240 g/mol. The Morgan fingerprint density at radius 2 is 1.95 bits per heavy atom. The van der Waals surface area contributed by atoms with Gasteiger partial charge in [-0.05, 0) is 18.4 Å². The number of carbonyl (C=O) groups is 1. The summed E-state index contributed by atoms with van der Waals surface area (Å²) in [6, 6.07) is 9.97. The number of benzene rings is 1. The number of hydrogen-bond donors (Lipinski definition) is 0. The van der Waals surface area contributed by atoms with Crippen molar-refractivity contribution >= 4 is 5.78 Å². The molecule has 1 aromatic rings. The van der Waals surface area contributed by atoms with E-state index in [1.165, 1.54) is 0 Å². The van der Waals surface area contributed by atoms with E-state index < -0.39 is 6.10 Å². The smallest absolute Gasteiger partial charge is 0.166 e. The molecule has 1 saturated heterocycles. The lowest BCUT2D eigenvalue weighted by Crippen LogP contribution is -2.32. The second kappa shape index (κ2) is 6.31. The molecule has 0 saturated carbocycles. The van der Waals surface area contributed by atoms with Gasteiger partial charge in [0.2, 0.25) is 0 Å². The molecular formula is C16H22O3. The number of ether oxygens (including phenoxy) is 2. The number of hydrogen-bond acceptors (Lipinski definition) is 3. The van der Waals surface area contributed by atoms with Crippen molar-refractivity contribution in [3.05, 3.63) is 35.9 Å². The molecule has 0 aliphatic carbocycles. The zero-order chi connectivity index (χ0) is 13.8. The second-order valence-corrected chi connectivity index (χ2v) is 5.51. The molecule has 3 nitrogen and oxygen atoms in total. The molecule has 0 aromatic heterocycles. The molecule has 1 heterocycles. The van der Waals surface area contributed by atoms with Crippen molar-refractivity contribution in [3.63, 3.8) is 0 Å². The van der Waals surface area contributed by atoms with Gasteiger partial charge in [0.1, 0.15) is 6.10 Å². The fraction of sp³-hybridized carbons (Fsp3) is 0.562. The maximum Gasteiger partial charge on any atom is 0.166 e. The highest BCUT2D eigenvalue weighted by Crippen LogP contribution is 2.25. The van der Waals surface area contributed by atoms with Crippen LogP contribution in [0.15, 0.2) is 30.3 Å². The molecule has 19 heavy (non-hydrogen) atoms. The summed E-state index contributed by atoms with van der Waals surface area (Å²) in [5.41, 5.74) is 1.11. The van der Waals surface area contributed by atoms with Gasteiger partial charge in [-0.1, -0.05) is 44.2 Å². The van der Waals surface area contributed by atoms with Gasteiger partial charge in [0.25, 0.3) is 0 Å². The fourth-order valence-corrected chi connectivity index (χ4v) is 2.28. The van der Waals surface area contributed by atoms with Gasteiger partial charge in [-0.15, -0.1) is 0 Å². The lowest BCUT2D eigenvalue weighted by molar-refractivity contribution is -0.132. The summed E-state index contributed by atoms with van der Waals surface area (Å²) >= 11 is 0. The summed E-state index contributed by atoms with van der Waals surface area (Å²) in [4.78, 5) is 11.9. The van der Waals surface area contributed by atoms with Crippen LogP contribution in [-0.2, 0) is 20.9 Å². The molecule has 0 unspecified atom stereocenters. The molecule has 2 rings (SSSR count). The van der Waals surface area contributed by atoms with Crippen LogP contribution in [0.25, 0.3) is 0 Å². The minimum Gasteiger partial charge on any atom is -0.371 e. The van der Waals surface area contributed by atoms with Crippen LogP contribution >= 0.6 is 0 Å². The fourth-order valence-electron chi connectivity index (χ4n) is 2.28. The number of carbonyl (C=O) groups excluding carboxylic acids is 1. The van der Waals surface area contributed by atoms with Crippen LogP contribution in [0.4, 0.5) is 0 Å². The minimum atomic E-state index is -0.406. The van der Waals surface area contributed by atoms with E-state index in [9.17, 15) is 4.79 Å². The van der Waals surface area contributed by atoms with Gasteiger partial charge >= 0.3 is 0 Å². The summed E-state index contributed by atoms with van der Waals surface area (Å²) in [6.45, 7) is 6.58. The van der Waals surface area contributed by atoms with E-state index >= 15 is 0 Å². The quantitative estimate of drug-likeness (QED) is 0.818. The molecule has 1 aliphatic heterocycles. The van der Waals surface area contributed by atoms with Crippen molar-refractivity contribution in [3.8, 4) is 0 Å². The Morgan fingerprint density at radius 1 is 1.26 bits per heavy atom. The Hall–Kier alpha value is -1.19. The van der Waals surface area contributed by atoms with E-state index in [0.29, 0.717) is 18.9 Å². The highest BCUT2D eigenvalue weighted by Gasteiger charge is 2.38. The van der Waals surface area contributed by atoms with Crippen LogP contribution in [0.2, 0.25) is 0 Å². The number of ketones is 1. The second-order valence-electron chi connectivity index (χ2n) is 5.51. The van der Waals surface area contributed by atoms with Crippen LogP contribution < -0.4 is 0 Å². The predicted octanol–water partition coefficient (Wildman–Crippen LogP) is 2.97. The normalized spacial score (nSPS) is 24.9. The third-order valence-corrected chi connectivity index (χ3v) is 3.57. The summed E-state index contributed by atoms with van der Waals surface area (Å²) in [6.07, 6.45) is -0.0469. The van der Waals surface area contributed by atoms with Gasteiger partial charge in [0, 0.05) is 6.42 Å². The first kappa shape index (κ1) is 14.2. The molecule has 1 aliphatic rings. The van der Waals surface area contributed by atoms with Crippen molar-refractivity contribution in [1.29, 1.82) is 0 Å². The minimum absolute atomic E-state index is 0.0419. The van der Waals surface area contributed by atoms with Crippen molar-refractivity contribution in [2.24, 2.45) is 5.92 Å². The Morgan fingerprint density at radius 3 is 2.53 bits per heavy atom. The van der Waals surface area contributed by atoms with Crippen molar-refractivity contribution in [1.82, 2.24) is 0 Å². The highest BCUT2D eigenvalue weighted by molar-refractivity contribution is 5.85. The Balaban J connectivity index is 1.87. The molecule has 0 N–H and O–H groups in total. The van der Waals surface area contributed by atoms with Gasteiger partial charge in [0.15, 0.2) is 5.78 Å². The maximum absolute atomic E-state index is 11.9. The Kier molecular flexibility index (Phi) is 4.72. The van der Waals surface area contributed by atoms with Crippen molar-refractivity contribution in [2.75, 3.05) is 0 Å². The van der Waals surface area contributed by atoms with E-state index in [1.807, 2.05) is 37.3 Å². The summed E-state index contributed by atoms with van der Waals surface area (Å²) < 4.78 is 11.6. The first-order chi connectivity index (χ1) is 9.08. The maximum atomic E-state index is 11.9. The molecule has 3 heteroatoms. The predicted molar refractivity (Wildman–Crippen MR) is 73.8 cm³/mol. The largest absolute Gasteiger partial charge is 0.371 e. The van der Waals surface area contributed by atoms with Crippen LogP contribution in [0.3, 0.4) is 0 Å². The van der Waals surface area contributed by atoms with Crippen LogP contribution in [-0.4, -0.2) is 24.1 Å². The summed E-state index contributed by atoms with van der Waals surface area (Å²) in [5.74, 6) is 0.537. The van der Waals surface area contributed by atoms with E-state index in [1.54, 1.807) is 0 Å². The van der Waals surface area contributed by atoms with Crippen molar-refractivity contribution in [2.45, 2.75) is 52.1 Å². The zero-order valence-electron chi connectivity index (χ0n) is 11.8. The zero-order valence-corrected chi connectivity index (χ0v) is 11.8. The van der Waals surface area contributed by atoms with E-state index in [0.717, 1.165) is 5.56 Å². The topological polar surface area (TPSA) is 35.5 Å². The molecule has 0 bridgehead atoms. The third-order valence-electron chi connectivity index (χ3n) is 3.57. The lowest BCUT2D eigenvalue weighted by Gasteiger charge is -2.21. The third kappa shape index (κ3) is 3.64. The van der Waals surface area contributed by atoms with Crippen LogP contribution in [0, 0.1) is 5.92 Å². The van der Waals surface area contributed by atoms with Gasteiger partial charge < -0.3 is 9.47 Å². The number of rotatable bonds is 5. The van der Waals surface area contributed by atoms with Crippen molar-refractivity contribution < 1.29 is 14.3 Å². The molecule has 0 radical (unpaired) electrons. The number of Topliss-reactive ketones (excluding diaryl/α,β-unsaturated/α-hetero) is 1. The van der Waals surface area contributed by atoms with E-state index in [-0.39, 0.29) is 18.0 Å². The Bertz CT molecular complexity index is 413. The van der Waals surface area contributed by atoms with E-state index in [2.05, 4.69) is 13.8 Å². The molecule has 1 fully saturated rings. The van der Waals surface area contributed by atoms with Gasteiger partial charge in [0.05, 0.1) is 18.8 Å². The first-order valence-corrected chi connectivity index (χ1v) is 6.91. The van der Waals surface area contributed by atoms with Gasteiger partial charge in [-0.3, -0.25) is 4.79 Å². The summed E-state index contributed by atoms with van der Waals surface area (Å²) in [5, 5.41) is 0. The molecule has 0 spiro atoms. The monoisotopic (exact) mass is 262 g/mol. The van der Waals surface area contributed by atoms with Gasteiger partial charge in [-0.25, -0.2) is 0 Å². The highest BCUT2D eigenvalue weighted by atomic mass is 16.6. The van der Waals surface area contributed by atoms with Gasteiger partial charge in [-0.2, -0.15) is 0 Å². The molecule has 3 atom stereocenters. The van der Waals surface area contributed by atoms with Crippen LogP contribution in [0.1, 0.15) is 32.8 Å². The molecule has 1 aromatic carbocycles. The Labute approximate surface area is 114 Å². The molecule has 104 valence electrons. The average Bonchev–Trinajstić information content (AvgIpc) is 2.80. The standard InChI is InChI=1S/C16H22O3/c1-11(2)15-9-14(17)16(19-15)12(3)18-10-13-7-5-4-6-8-13/h4-8,11-12,15-16H,9-10H2,1-3H3/t12-,15-,16-/m0/s1. The summed E-state index contributed by atoms with van der Waals surface area (Å²) in [7, 11) is 0. The SMILES string of the molecule is CC(C)[C@@H]1CC(=O)[C@H]([C@H](C)OCc2ccccc2)O1. The van der Waals surface area contributed by atoms with Crippen LogP contribution in [0.5, 0.6) is 0 Å². The average molecular weight is 262 g/mol. The lowest BCUT2D eigenvalue weighted by atomic mass is 10.0. The molecule has 0 amide bonds. The first-order valence-electron chi connectivity index (χ1n) is 6.91. The van der Waals surface area contributed by atoms with E-state index in [4.69, 9.17) is 9.47 Å².